The zero-order valence-corrected chi connectivity index (χ0v) is 9.97. The van der Waals surface area contributed by atoms with E-state index >= 15 is 0 Å². The number of pyridine rings is 1. The number of rotatable bonds is 3. The smallest absolute Gasteiger partial charge is 0.125 e. The van der Waals surface area contributed by atoms with E-state index in [1.807, 2.05) is 18.3 Å². The van der Waals surface area contributed by atoms with E-state index in [0.29, 0.717) is 5.41 Å². The molecule has 2 nitrogen and oxygen atoms in total. The van der Waals surface area contributed by atoms with Gasteiger partial charge in [-0.15, -0.1) is 0 Å². The lowest BCUT2D eigenvalue weighted by atomic mass is 9.70. The highest BCUT2D eigenvalue weighted by molar-refractivity contribution is 9.10. The molecule has 0 aliphatic heterocycles. The topological polar surface area (TPSA) is 24.9 Å². The van der Waals surface area contributed by atoms with E-state index < -0.39 is 0 Å². The average Bonchev–Trinajstić information content (AvgIpc) is 2.14. The van der Waals surface area contributed by atoms with Crippen LogP contribution in [0.1, 0.15) is 26.2 Å². The highest BCUT2D eigenvalue weighted by Crippen LogP contribution is 2.40. The third kappa shape index (κ3) is 2.27. The molecule has 0 spiro atoms. The summed E-state index contributed by atoms with van der Waals surface area (Å²) in [6, 6.07) is 4.02. The summed E-state index contributed by atoms with van der Waals surface area (Å²) in [4.78, 5) is 4.28. The number of nitrogens with one attached hydrogen (secondary N) is 1. The van der Waals surface area contributed by atoms with Crippen molar-refractivity contribution in [2.75, 3.05) is 11.9 Å². The summed E-state index contributed by atoms with van der Waals surface area (Å²) in [5.74, 6) is 0.973. The molecular weight excluding hydrogens is 240 g/mol. The number of hydrogen-bond acceptors (Lipinski definition) is 2. The fourth-order valence-corrected chi connectivity index (χ4v) is 1.98. The summed E-state index contributed by atoms with van der Waals surface area (Å²) in [6.45, 7) is 3.38. The zero-order valence-electron chi connectivity index (χ0n) is 8.39. The normalized spacial score (nSPS) is 18.7. The summed E-state index contributed by atoms with van der Waals surface area (Å²) in [7, 11) is 0. The van der Waals surface area contributed by atoms with Crippen molar-refractivity contribution in [1.82, 2.24) is 4.98 Å². The number of nitrogens with zero attached hydrogens (tertiary/aromatic N) is 1. The Kier molecular flexibility index (Phi) is 2.77. The van der Waals surface area contributed by atoms with Gasteiger partial charge in [0, 0.05) is 17.2 Å². The van der Waals surface area contributed by atoms with Gasteiger partial charge >= 0.3 is 0 Å². The Hall–Kier alpha value is -0.570. The largest absolute Gasteiger partial charge is 0.370 e. The van der Waals surface area contributed by atoms with Crippen LogP contribution in [0.2, 0.25) is 0 Å². The van der Waals surface area contributed by atoms with Gasteiger partial charge in [0.2, 0.25) is 0 Å². The van der Waals surface area contributed by atoms with Gasteiger partial charge in [0.15, 0.2) is 0 Å². The Balaban J connectivity index is 1.88. The van der Waals surface area contributed by atoms with Crippen LogP contribution in [0.3, 0.4) is 0 Å². The first-order valence-electron chi connectivity index (χ1n) is 5.03. The van der Waals surface area contributed by atoms with Gasteiger partial charge in [-0.1, -0.05) is 13.3 Å². The second-order valence-corrected chi connectivity index (χ2v) is 5.30. The van der Waals surface area contributed by atoms with Gasteiger partial charge in [-0.05, 0) is 46.3 Å². The third-order valence-electron chi connectivity index (χ3n) is 2.98. The minimum Gasteiger partial charge on any atom is -0.370 e. The van der Waals surface area contributed by atoms with Gasteiger partial charge in [0.25, 0.3) is 0 Å². The van der Waals surface area contributed by atoms with Crippen molar-refractivity contribution in [1.29, 1.82) is 0 Å². The molecule has 14 heavy (non-hydrogen) atoms. The van der Waals surface area contributed by atoms with Crippen LogP contribution in [0.15, 0.2) is 22.8 Å². The molecule has 1 saturated carbocycles. The van der Waals surface area contributed by atoms with Crippen molar-refractivity contribution in [3.8, 4) is 0 Å². The van der Waals surface area contributed by atoms with E-state index in [-0.39, 0.29) is 0 Å². The van der Waals surface area contributed by atoms with E-state index in [4.69, 9.17) is 0 Å². The van der Waals surface area contributed by atoms with Gasteiger partial charge in [-0.3, -0.25) is 0 Å². The maximum atomic E-state index is 4.28. The maximum Gasteiger partial charge on any atom is 0.125 e. The molecule has 76 valence electrons. The second-order valence-electron chi connectivity index (χ2n) is 4.38. The second kappa shape index (κ2) is 3.89. The quantitative estimate of drug-likeness (QED) is 0.894. The van der Waals surface area contributed by atoms with Gasteiger partial charge < -0.3 is 5.32 Å². The lowest BCUT2D eigenvalue weighted by Crippen LogP contribution is -2.33. The van der Waals surface area contributed by atoms with E-state index in [9.17, 15) is 0 Å². The minimum absolute atomic E-state index is 0.509. The molecule has 1 fully saturated rings. The highest BCUT2D eigenvalue weighted by Gasteiger charge is 2.31. The summed E-state index contributed by atoms with van der Waals surface area (Å²) < 4.78 is 1.03. The van der Waals surface area contributed by atoms with Crippen molar-refractivity contribution in [2.24, 2.45) is 5.41 Å². The molecule has 1 aromatic rings. The minimum atomic E-state index is 0.509. The Labute approximate surface area is 93.3 Å². The van der Waals surface area contributed by atoms with Crippen LogP contribution in [0.5, 0.6) is 0 Å². The molecule has 0 unspecified atom stereocenters. The molecule has 1 aliphatic rings. The van der Waals surface area contributed by atoms with Crippen molar-refractivity contribution in [3.05, 3.63) is 22.8 Å². The summed E-state index contributed by atoms with van der Waals surface area (Å²) in [6.07, 6.45) is 5.89. The summed E-state index contributed by atoms with van der Waals surface area (Å²) in [5, 5.41) is 3.38. The van der Waals surface area contributed by atoms with Crippen LogP contribution in [-0.2, 0) is 0 Å². The molecule has 0 amide bonds. The number of halogens is 1. The van der Waals surface area contributed by atoms with Crippen LogP contribution in [-0.4, -0.2) is 11.5 Å². The van der Waals surface area contributed by atoms with Gasteiger partial charge in [0.1, 0.15) is 5.82 Å². The SMILES string of the molecule is CC1(CNc2ccc(Br)cn2)CCC1. The monoisotopic (exact) mass is 254 g/mol. The highest BCUT2D eigenvalue weighted by atomic mass is 79.9. The van der Waals surface area contributed by atoms with Crippen LogP contribution in [0.25, 0.3) is 0 Å². The molecule has 1 aromatic heterocycles. The van der Waals surface area contributed by atoms with E-state index in [0.717, 1.165) is 16.8 Å². The molecule has 1 heterocycles. The number of hydrogen-bond donors (Lipinski definition) is 1. The molecule has 0 radical (unpaired) electrons. The van der Waals surface area contributed by atoms with Crippen LogP contribution < -0.4 is 5.32 Å². The summed E-state index contributed by atoms with van der Waals surface area (Å²) in [5.41, 5.74) is 0.509. The fraction of sp³-hybridized carbons (Fsp3) is 0.545. The molecule has 2 rings (SSSR count). The predicted octanol–water partition coefficient (Wildman–Crippen LogP) is 3.45. The van der Waals surface area contributed by atoms with E-state index in [1.165, 1.54) is 19.3 Å². The first-order chi connectivity index (χ1) is 6.68. The Bertz CT molecular complexity index is 304. The van der Waals surface area contributed by atoms with Gasteiger partial charge in [-0.2, -0.15) is 0 Å². The lowest BCUT2D eigenvalue weighted by Gasteiger charge is -2.38. The zero-order chi connectivity index (χ0) is 10.0. The Morgan fingerprint density at radius 2 is 2.29 bits per heavy atom. The summed E-state index contributed by atoms with van der Waals surface area (Å²) >= 11 is 3.37. The van der Waals surface area contributed by atoms with Crippen molar-refractivity contribution < 1.29 is 0 Å². The first kappa shape index (κ1) is 9.97. The number of anilines is 1. The molecule has 0 bridgehead atoms. The van der Waals surface area contributed by atoms with Crippen molar-refractivity contribution in [3.63, 3.8) is 0 Å². The Morgan fingerprint density at radius 1 is 1.50 bits per heavy atom. The van der Waals surface area contributed by atoms with E-state index in [1.54, 1.807) is 0 Å². The molecular formula is C11H15BrN2. The van der Waals surface area contributed by atoms with Crippen LogP contribution in [0.4, 0.5) is 5.82 Å². The van der Waals surface area contributed by atoms with Gasteiger partial charge in [-0.25, -0.2) is 4.98 Å². The maximum absolute atomic E-state index is 4.28. The lowest BCUT2D eigenvalue weighted by molar-refractivity contribution is 0.180. The Morgan fingerprint density at radius 3 is 2.79 bits per heavy atom. The molecule has 0 aromatic carbocycles. The molecule has 0 saturated heterocycles. The van der Waals surface area contributed by atoms with Crippen molar-refractivity contribution >= 4 is 21.7 Å². The third-order valence-corrected chi connectivity index (χ3v) is 3.45. The average molecular weight is 255 g/mol. The molecule has 3 heteroatoms. The fourth-order valence-electron chi connectivity index (χ4n) is 1.74. The molecule has 1 N–H and O–H groups in total. The molecule has 1 aliphatic carbocycles. The number of aromatic nitrogens is 1. The predicted molar refractivity (Wildman–Crippen MR) is 62.4 cm³/mol. The van der Waals surface area contributed by atoms with E-state index in [2.05, 4.69) is 33.2 Å². The van der Waals surface area contributed by atoms with Crippen LogP contribution >= 0.6 is 15.9 Å². The standard InChI is InChI=1S/C11H15BrN2/c1-11(5-2-6-11)8-14-10-4-3-9(12)7-13-10/h3-4,7H,2,5-6,8H2,1H3,(H,13,14). The first-order valence-corrected chi connectivity index (χ1v) is 5.83. The van der Waals surface area contributed by atoms with Crippen LogP contribution in [0, 0.1) is 5.41 Å². The molecule has 0 atom stereocenters. The van der Waals surface area contributed by atoms with Crippen molar-refractivity contribution in [2.45, 2.75) is 26.2 Å². The van der Waals surface area contributed by atoms with Gasteiger partial charge in [0.05, 0.1) is 0 Å².